The van der Waals surface area contributed by atoms with Crippen molar-refractivity contribution in [3.8, 4) is 0 Å². The highest BCUT2D eigenvalue weighted by Gasteiger charge is 2.28. The van der Waals surface area contributed by atoms with Crippen LogP contribution >= 0.6 is 0 Å². The summed E-state index contributed by atoms with van der Waals surface area (Å²) in [6.45, 7) is 3.97. The Balaban J connectivity index is 1.85. The third-order valence-corrected chi connectivity index (χ3v) is 5.80. The number of benzene rings is 2. The molecular weight excluding hydrogens is 336 g/mol. The van der Waals surface area contributed by atoms with E-state index in [4.69, 9.17) is 0 Å². The number of rotatable bonds is 6. The van der Waals surface area contributed by atoms with E-state index in [-0.39, 0.29) is 16.8 Å². The molecule has 0 heterocycles. The topological polar surface area (TPSA) is 75.3 Å². The van der Waals surface area contributed by atoms with Gasteiger partial charge in [0.1, 0.15) is 0 Å². The number of hydrogen-bond acceptors (Lipinski definition) is 3. The van der Waals surface area contributed by atoms with Gasteiger partial charge in [0.05, 0.1) is 4.90 Å². The maximum atomic E-state index is 12.6. The number of nitrogens with one attached hydrogen (secondary N) is 2. The van der Waals surface area contributed by atoms with Crippen LogP contribution in [0.2, 0.25) is 0 Å². The van der Waals surface area contributed by atoms with E-state index in [1.165, 1.54) is 12.1 Å². The molecule has 0 unspecified atom stereocenters. The molecule has 0 spiro atoms. The summed E-state index contributed by atoms with van der Waals surface area (Å²) in [4.78, 5) is 12.7. The lowest BCUT2D eigenvalue weighted by Crippen LogP contribution is -2.26. The summed E-state index contributed by atoms with van der Waals surface area (Å²) in [6.07, 6.45) is 2.54. The number of carbonyl (C=O) groups is 1. The highest BCUT2D eigenvalue weighted by Crippen LogP contribution is 2.24. The Labute approximate surface area is 148 Å². The first-order valence-electron chi connectivity index (χ1n) is 8.43. The van der Waals surface area contributed by atoms with Gasteiger partial charge < -0.3 is 5.32 Å². The van der Waals surface area contributed by atoms with E-state index >= 15 is 0 Å². The Morgan fingerprint density at radius 1 is 1.16 bits per heavy atom. The minimum Gasteiger partial charge on any atom is -0.321 e. The molecule has 1 aliphatic rings. The van der Waals surface area contributed by atoms with Crippen LogP contribution in [0, 0.1) is 6.92 Å². The van der Waals surface area contributed by atoms with Crippen LogP contribution in [0.3, 0.4) is 0 Å². The van der Waals surface area contributed by atoms with Crippen LogP contribution in [0.25, 0.3) is 0 Å². The van der Waals surface area contributed by atoms with E-state index in [2.05, 4.69) is 10.0 Å². The van der Waals surface area contributed by atoms with Crippen molar-refractivity contribution in [2.75, 3.05) is 5.32 Å². The molecule has 1 aliphatic carbocycles. The molecule has 2 aromatic rings. The fraction of sp³-hybridized carbons (Fsp3) is 0.316. The van der Waals surface area contributed by atoms with Crippen molar-refractivity contribution in [2.24, 2.45) is 0 Å². The van der Waals surface area contributed by atoms with Gasteiger partial charge in [-0.3, -0.25) is 4.79 Å². The number of para-hydroxylation sites is 1. The van der Waals surface area contributed by atoms with Crippen molar-refractivity contribution in [3.63, 3.8) is 0 Å². The predicted molar refractivity (Wildman–Crippen MR) is 98.3 cm³/mol. The fourth-order valence-corrected chi connectivity index (χ4v) is 4.03. The lowest BCUT2D eigenvalue weighted by atomic mass is 10.1. The molecule has 0 aromatic heterocycles. The second-order valence-corrected chi connectivity index (χ2v) is 8.05. The van der Waals surface area contributed by atoms with Crippen LogP contribution < -0.4 is 10.0 Å². The summed E-state index contributed by atoms with van der Waals surface area (Å²) in [6, 6.07) is 12.0. The average Bonchev–Trinajstić information content (AvgIpc) is 3.40. The minimum absolute atomic E-state index is 0.0292. The second-order valence-electron chi connectivity index (χ2n) is 6.34. The minimum atomic E-state index is -3.58. The van der Waals surface area contributed by atoms with Gasteiger partial charge in [-0.1, -0.05) is 31.2 Å². The first-order chi connectivity index (χ1) is 11.9. The van der Waals surface area contributed by atoms with Gasteiger partial charge in [-0.25, -0.2) is 13.1 Å². The zero-order chi connectivity index (χ0) is 18.0. The second kappa shape index (κ2) is 6.98. The highest BCUT2D eigenvalue weighted by atomic mass is 32.2. The molecule has 3 rings (SSSR count). The fourth-order valence-electron chi connectivity index (χ4n) is 2.68. The summed E-state index contributed by atoms with van der Waals surface area (Å²) in [5.41, 5.74) is 3.14. The van der Waals surface area contributed by atoms with Gasteiger partial charge in [-0.05, 0) is 55.5 Å². The zero-order valence-corrected chi connectivity index (χ0v) is 15.2. The van der Waals surface area contributed by atoms with Gasteiger partial charge in [0.25, 0.3) is 5.91 Å². The van der Waals surface area contributed by atoms with E-state index in [1.54, 1.807) is 12.1 Å². The van der Waals surface area contributed by atoms with Crippen molar-refractivity contribution in [1.82, 2.24) is 4.72 Å². The lowest BCUT2D eigenvalue weighted by molar-refractivity contribution is 0.102. The van der Waals surface area contributed by atoms with Gasteiger partial charge in [-0.15, -0.1) is 0 Å². The largest absolute Gasteiger partial charge is 0.321 e. The monoisotopic (exact) mass is 358 g/mol. The summed E-state index contributed by atoms with van der Waals surface area (Å²) in [5.74, 6) is -0.313. The van der Waals surface area contributed by atoms with Gasteiger partial charge in [0.15, 0.2) is 0 Å². The van der Waals surface area contributed by atoms with E-state index in [0.29, 0.717) is 5.56 Å². The van der Waals surface area contributed by atoms with Crippen molar-refractivity contribution < 1.29 is 13.2 Å². The van der Waals surface area contributed by atoms with E-state index in [1.807, 2.05) is 32.0 Å². The van der Waals surface area contributed by atoms with Gasteiger partial charge >= 0.3 is 0 Å². The van der Waals surface area contributed by atoms with Crippen LogP contribution in [0.5, 0.6) is 0 Å². The van der Waals surface area contributed by atoms with Crippen LogP contribution in [0.4, 0.5) is 5.69 Å². The van der Waals surface area contributed by atoms with E-state index in [0.717, 1.165) is 36.1 Å². The maximum Gasteiger partial charge on any atom is 0.255 e. The number of carbonyl (C=O) groups excluding carboxylic acids is 1. The van der Waals surface area contributed by atoms with Crippen LogP contribution in [-0.2, 0) is 16.4 Å². The van der Waals surface area contributed by atoms with Crippen LogP contribution in [0.1, 0.15) is 41.3 Å². The van der Waals surface area contributed by atoms with E-state index < -0.39 is 10.0 Å². The number of anilines is 1. The quantitative estimate of drug-likeness (QED) is 0.832. The molecule has 25 heavy (non-hydrogen) atoms. The summed E-state index contributed by atoms with van der Waals surface area (Å²) in [5, 5.41) is 2.92. The number of hydrogen-bond donors (Lipinski definition) is 2. The average molecular weight is 358 g/mol. The molecule has 1 saturated carbocycles. The predicted octanol–water partition coefficient (Wildman–Crippen LogP) is 3.25. The van der Waals surface area contributed by atoms with Crippen LogP contribution in [0.15, 0.2) is 47.4 Å². The smallest absolute Gasteiger partial charge is 0.255 e. The molecule has 2 aromatic carbocycles. The van der Waals surface area contributed by atoms with Gasteiger partial charge in [-0.2, -0.15) is 0 Å². The Bertz CT molecular complexity index is 903. The normalized spacial score (nSPS) is 14.3. The molecule has 2 N–H and O–H groups in total. The Morgan fingerprint density at radius 3 is 2.56 bits per heavy atom. The highest BCUT2D eigenvalue weighted by molar-refractivity contribution is 7.89. The summed E-state index contributed by atoms with van der Waals surface area (Å²) >= 11 is 0. The molecule has 0 atom stereocenters. The van der Waals surface area contributed by atoms with Crippen molar-refractivity contribution in [2.45, 2.75) is 44.0 Å². The molecule has 6 heteroatoms. The zero-order valence-electron chi connectivity index (χ0n) is 14.4. The maximum absolute atomic E-state index is 12.6. The molecule has 132 valence electrons. The van der Waals surface area contributed by atoms with Crippen molar-refractivity contribution in [3.05, 3.63) is 59.2 Å². The Morgan fingerprint density at radius 2 is 1.88 bits per heavy atom. The van der Waals surface area contributed by atoms with Gasteiger partial charge in [0, 0.05) is 17.3 Å². The Hall–Kier alpha value is -2.18. The number of sulfonamides is 1. The molecule has 5 nitrogen and oxygen atoms in total. The number of amides is 1. The van der Waals surface area contributed by atoms with Gasteiger partial charge in [0.2, 0.25) is 10.0 Å². The molecule has 0 aliphatic heterocycles. The lowest BCUT2D eigenvalue weighted by Gasteiger charge is -2.13. The molecule has 0 saturated heterocycles. The van der Waals surface area contributed by atoms with Crippen molar-refractivity contribution in [1.29, 1.82) is 0 Å². The molecule has 0 bridgehead atoms. The number of aryl methyl sites for hydroxylation is 2. The standard InChI is InChI=1S/C19H22N2O3S/c1-3-14-7-4-6-13(2)18(14)20-19(22)15-8-5-9-17(12-15)25(23,24)21-16-10-11-16/h4-9,12,16,21H,3,10-11H2,1-2H3,(H,20,22). The van der Waals surface area contributed by atoms with Crippen molar-refractivity contribution >= 4 is 21.6 Å². The third-order valence-electron chi connectivity index (χ3n) is 4.28. The molecule has 1 amide bonds. The van der Waals surface area contributed by atoms with E-state index in [9.17, 15) is 13.2 Å². The molecule has 1 fully saturated rings. The van der Waals surface area contributed by atoms with Crippen LogP contribution in [-0.4, -0.2) is 20.4 Å². The summed E-state index contributed by atoms with van der Waals surface area (Å²) in [7, 11) is -3.58. The summed E-state index contributed by atoms with van der Waals surface area (Å²) < 4.78 is 27.3. The Kier molecular flexibility index (Phi) is 4.92. The first kappa shape index (κ1) is 17.6. The first-order valence-corrected chi connectivity index (χ1v) is 9.91. The SMILES string of the molecule is CCc1cccc(C)c1NC(=O)c1cccc(S(=O)(=O)NC2CC2)c1. The molecule has 0 radical (unpaired) electrons. The third kappa shape index (κ3) is 4.08. The molecular formula is C19H22N2O3S.